The fourth-order valence-corrected chi connectivity index (χ4v) is 10.7. The minimum atomic E-state index is -0.511. The molecule has 4 nitrogen and oxygen atoms in total. The van der Waals surface area contributed by atoms with Crippen molar-refractivity contribution in [3.05, 3.63) is 199 Å². The highest BCUT2D eigenvalue weighted by Gasteiger charge is 2.37. The predicted octanol–water partition coefficient (Wildman–Crippen LogP) is 12.7. The lowest BCUT2D eigenvalue weighted by Crippen LogP contribution is -2.25. The average Bonchev–Trinajstić information content (AvgIpc) is 3.30. The summed E-state index contributed by atoms with van der Waals surface area (Å²) in [6, 6.07) is 43.9. The van der Waals surface area contributed by atoms with Gasteiger partial charge in [0, 0.05) is 0 Å². The van der Waals surface area contributed by atoms with Gasteiger partial charge in [-0.15, -0.1) is 0 Å². The molecule has 4 heteroatoms. The summed E-state index contributed by atoms with van der Waals surface area (Å²) < 4.78 is 10.6. The van der Waals surface area contributed by atoms with Crippen LogP contribution in [0.2, 0.25) is 0 Å². The van der Waals surface area contributed by atoms with Gasteiger partial charge in [0.15, 0.2) is 0 Å². The van der Waals surface area contributed by atoms with Crippen LogP contribution in [0.3, 0.4) is 0 Å². The maximum atomic E-state index is 13.4. The van der Waals surface area contributed by atoms with E-state index in [0.29, 0.717) is 24.0 Å². The molecule has 0 aliphatic heterocycles. The van der Waals surface area contributed by atoms with Crippen LogP contribution in [-0.2, 0) is 48.0 Å². The van der Waals surface area contributed by atoms with Crippen molar-refractivity contribution in [3.63, 3.8) is 0 Å². The number of carbonyl (C=O) groups excluding carboxylic acids is 2. The molecule has 0 N–H and O–H groups in total. The molecule has 0 amide bonds. The maximum absolute atomic E-state index is 13.4. The molecule has 0 aromatic heterocycles. The van der Waals surface area contributed by atoms with Gasteiger partial charge in [-0.05, 0) is 164 Å². The van der Waals surface area contributed by atoms with Gasteiger partial charge < -0.3 is 9.47 Å². The largest absolute Gasteiger partial charge is 0.465 e. The fourth-order valence-electron chi connectivity index (χ4n) is 10.7. The highest BCUT2D eigenvalue weighted by molar-refractivity contribution is 6.07. The van der Waals surface area contributed by atoms with E-state index in [1.165, 1.54) is 103 Å². The van der Waals surface area contributed by atoms with Crippen LogP contribution >= 0.6 is 0 Å². The molecular weight excluding hydrogens is 737 g/mol. The van der Waals surface area contributed by atoms with Crippen LogP contribution in [0.15, 0.2) is 121 Å². The van der Waals surface area contributed by atoms with E-state index in [2.05, 4.69) is 135 Å². The highest BCUT2D eigenvalue weighted by atomic mass is 16.5. The number of esters is 2. The van der Waals surface area contributed by atoms with Crippen molar-refractivity contribution in [2.75, 3.05) is 14.2 Å². The first-order valence-corrected chi connectivity index (χ1v) is 21.2. The minimum Gasteiger partial charge on any atom is -0.465 e. The van der Waals surface area contributed by atoms with Crippen molar-refractivity contribution >= 4 is 11.9 Å². The molecule has 0 radical (unpaired) electrons. The van der Waals surface area contributed by atoms with Crippen LogP contribution < -0.4 is 0 Å². The summed E-state index contributed by atoms with van der Waals surface area (Å²) >= 11 is 0. The Bertz CT molecular complexity index is 2620. The van der Waals surface area contributed by atoms with Crippen molar-refractivity contribution in [2.45, 2.75) is 66.2 Å². The molecule has 9 rings (SSSR count). The summed E-state index contributed by atoms with van der Waals surface area (Å²) in [6.07, 6.45) is 4.80. The number of ether oxygens (including phenoxy) is 2. The third-order valence-corrected chi connectivity index (χ3v) is 13.3. The van der Waals surface area contributed by atoms with Crippen LogP contribution in [0.1, 0.15) is 101 Å². The summed E-state index contributed by atoms with van der Waals surface area (Å²) in [6.45, 7) is 8.53. The van der Waals surface area contributed by atoms with Gasteiger partial charge in [0.2, 0.25) is 0 Å². The number of benzene rings is 7. The second kappa shape index (κ2) is 15.9. The first-order chi connectivity index (χ1) is 29.3. The Hall–Kier alpha value is -6.52. The number of hydrogen-bond acceptors (Lipinski definition) is 4. The van der Waals surface area contributed by atoms with E-state index in [-0.39, 0.29) is 0 Å². The van der Waals surface area contributed by atoms with Crippen LogP contribution in [0.5, 0.6) is 0 Å². The van der Waals surface area contributed by atoms with Crippen molar-refractivity contribution in [3.8, 4) is 44.5 Å². The summed E-state index contributed by atoms with van der Waals surface area (Å²) in [4.78, 5) is 26.8. The van der Waals surface area contributed by atoms with E-state index < -0.39 is 11.9 Å². The number of rotatable bonds is 8. The summed E-state index contributed by atoms with van der Waals surface area (Å²) in [5.74, 6) is -1.02. The quantitative estimate of drug-likeness (QED) is 0.144. The Morgan fingerprint density at radius 3 is 0.933 bits per heavy atom. The van der Waals surface area contributed by atoms with Crippen LogP contribution in [-0.4, -0.2) is 26.2 Å². The van der Waals surface area contributed by atoms with Crippen LogP contribution in [0, 0.1) is 13.8 Å². The maximum Gasteiger partial charge on any atom is 0.339 e. The second-order valence-electron chi connectivity index (χ2n) is 16.1. The molecule has 7 aromatic rings. The second-order valence-corrected chi connectivity index (χ2v) is 16.1. The molecule has 0 bridgehead atoms. The molecule has 298 valence electrons. The first kappa shape index (κ1) is 39.0. The first-order valence-electron chi connectivity index (χ1n) is 21.2. The number of methoxy groups -OCH3 is 2. The van der Waals surface area contributed by atoms with Crippen LogP contribution in [0.25, 0.3) is 44.5 Å². The highest BCUT2D eigenvalue weighted by Crippen LogP contribution is 2.54. The van der Waals surface area contributed by atoms with Gasteiger partial charge in [0.25, 0.3) is 0 Å². The number of carbonyl (C=O) groups is 2. The standard InChI is InChI=1S/C56H50O4/c1-7-39-43-29-41-33(3)49(55(57)59-5)50(56(58)60-6)34(4)42(41)30-44(43)40(8-2)46-32-48-47(31-45(39)46)51(35-21-13-9-14-22-35)53(37-25-17-11-18-26-37)54(38-27-19-12-20-28-38)52(48)36-23-15-10-16-24-36/h9-28H,7-8,29-32H2,1-6H3. The molecule has 0 spiro atoms. The molecule has 2 aliphatic carbocycles. The zero-order chi connectivity index (χ0) is 41.7. The number of fused-ring (bicyclic) bond motifs is 4. The Morgan fingerprint density at radius 1 is 0.400 bits per heavy atom. The van der Waals surface area contributed by atoms with Crippen molar-refractivity contribution in [2.24, 2.45) is 0 Å². The lowest BCUT2D eigenvalue weighted by atomic mass is 9.67. The molecule has 0 heterocycles. The third kappa shape index (κ3) is 6.20. The van der Waals surface area contributed by atoms with Crippen LogP contribution in [0.4, 0.5) is 0 Å². The zero-order valence-electron chi connectivity index (χ0n) is 35.4. The molecule has 0 unspecified atom stereocenters. The summed E-state index contributed by atoms with van der Waals surface area (Å²) in [5, 5.41) is 0. The average molecular weight is 787 g/mol. The Balaban J connectivity index is 1.38. The molecular formula is C56H50O4. The van der Waals surface area contributed by atoms with Crippen molar-refractivity contribution in [1.82, 2.24) is 0 Å². The molecule has 60 heavy (non-hydrogen) atoms. The van der Waals surface area contributed by atoms with Gasteiger partial charge in [-0.2, -0.15) is 0 Å². The fraction of sp³-hybridized carbons (Fsp3) is 0.214. The predicted molar refractivity (Wildman–Crippen MR) is 243 cm³/mol. The Morgan fingerprint density at radius 2 is 0.667 bits per heavy atom. The summed E-state index contributed by atoms with van der Waals surface area (Å²) in [5.41, 5.74) is 25.7. The molecule has 0 saturated carbocycles. The third-order valence-electron chi connectivity index (χ3n) is 13.3. The van der Waals surface area contributed by atoms with E-state index in [1.807, 2.05) is 13.8 Å². The SMILES string of the molecule is CCc1c2c(c(CC)c3c1Cc1c(c(-c4ccccc4)c(-c4ccccc4)c(-c4ccccc4)c1-c1ccccc1)C3)Cc1c(C)c(C(=O)OC)c(C(=O)OC)c(C)c1C2. The van der Waals surface area contributed by atoms with Gasteiger partial charge in [0.1, 0.15) is 0 Å². The minimum absolute atomic E-state index is 0.313. The Labute approximate surface area is 353 Å². The zero-order valence-corrected chi connectivity index (χ0v) is 35.4. The molecule has 0 fully saturated rings. The van der Waals surface area contributed by atoms with Gasteiger partial charge in [0.05, 0.1) is 25.3 Å². The van der Waals surface area contributed by atoms with E-state index in [1.54, 1.807) is 0 Å². The van der Waals surface area contributed by atoms with E-state index in [9.17, 15) is 9.59 Å². The lowest BCUT2D eigenvalue weighted by molar-refractivity contribution is 0.0553. The van der Waals surface area contributed by atoms with E-state index >= 15 is 0 Å². The monoisotopic (exact) mass is 786 g/mol. The van der Waals surface area contributed by atoms with Crippen molar-refractivity contribution in [1.29, 1.82) is 0 Å². The molecule has 0 saturated heterocycles. The molecule has 7 aromatic carbocycles. The topological polar surface area (TPSA) is 52.6 Å². The smallest absolute Gasteiger partial charge is 0.339 e. The van der Waals surface area contributed by atoms with Crippen molar-refractivity contribution < 1.29 is 19.1 Å². The summed E-state index contributed by atoms with van der Waals surface area (Å²) in [7, 11) is 2.75. The number of hydrogen-bond donors (Lipinski definition) is 0. The van der Waals surface area contributed by atoms with Gasteiger partial charge in [-0.1, -0.05) is 135 Å². The normalized spacial score (nSPS) is 12.5. The van der Waals surface area contributed by atoms with Gasteiger partial charge >= 0.3 is 11.9 Å². The molecule has 0 atom stereocenters. The van der Waals surface area contributed by atoms with E-state index in [0.717, 1.165) is 47.9 Å². The van der Waals surface area contributed by atoms with Gasteiger partial charge in [-0.3, -0.25) is 0 Å². The van der Waals surface area contributed by atoms with Gasteiger partial charge in [-0.25, -0.2) is 9.59 Å². The molecule has 2 aliphatic rings. The lowest BCUT2D eigenvalue weighted by Gasteiger charge is -2.37. The Kier molecular flexibility index (Phi) is 10.3. The van der Waals surface area contributed by atoms with E-state index in [4.69, 9.17) is 9.47 Å².